The molecular weight excluding hydrogens is 830 g/mol. The molecule has 374 valence electrons. The zero-order valence-corrected chi connectivity index (χ0v) is 42.7. The van der Waals surface area contributed by atoms with Gasteiger partial charge in [0.15, 0.2) is 0 Å². The van der Waals surface area contributed by atoms with Crippen molar-refractivity contribution in [2.45, 2.75) is 132 Å². The molecule has 0 aromatic heterocycles. The van der Waals surface area contributed by atoms with E-state index in [-0.39, 0.29) is 57.2 Å². The molecule has 1 aliphatic heterocycles. The Balaban J connectivity index is -0.000000232. The molecule has 1 heterocycles. The normalized spacial score (nSPS) is 13.1. The minimum atomic E-state index is -0.166. The standard InChI is InChI=1S/C37H46N2O.C6H15NO.C4H10O.C3H8.C2H6.ClH.5H2O/c1-6-26-38-32-21-16-15-20-31(32)36(2,3)25-17-10-8-7-9-14-22-34-37(4,5)35-30-19-13-11-12-18-29(30)23-24-33(35)39(34)27-28-40;1-2-8-6-4-3-5-7;1-3-5-4-2;1-3-2;1-2;;;;;;/h7-11,13-24,38,40H,6,12,25-28H2,1-5H3;2-7H2,1H3;3-4H2,1-2H3;3H2,1-2H3;1-2H3;1H;5*1H2/b8-7+,14-9+,17-10+,34-22+;;;;;;;;;;. The number of ether oxygens (including phenoxy) is 2. The number of unbranched alkanes of at least 4 members (excludes halogenated alkanes) is 1. The van der Waals surface area contributed by atoms with Gasteiger partial charge in [0.05, 0.1) is 6.61 Å². The molecule has 2 aliphatic rings. The van der Waals surface area contributed by atoms with E-state index >= 15 is 0 Å². The van der Waals surface area contributed by atoms with Gasteiger partial charge in [0.2, 0.25) is 0 Å². The number of para-hydroxylation sites is 1. The van der Waals surface area contributed by atoms with Crippen LogP contribution in [-0.2, 0) is 20.3 Å². The third-order valence-electron chi connectivity index (χ3n) is 9.34. The monoisotopic (exact) mass is 926 g/mol. The van der Waals surface area contributed by atoms with Crippen molar-refractivity contribution in [2.75, 3.05) is 62.9 Å². The lowest BCUT2D eigenvalue weighted by Gasteiger charge is -2.27. The first-order valence-electron chi connectivity index (χ1n) is 22.3. The summed E-state index contributed by atoms with van der Waals surface area (Å²) in [5.74, 6) is 0. The van der Waals surface area contributed by atoms with Gasteiger partial charge in [0.1, 0.15) is 0 Å². The number of fused-ring (bicyclic) bond motifs is 3. The number of aliphatic hydroxyl groups excluding tert-OH is 1. The van der Waals surface area contributed by atoms with Gasteiger partial charge in [0, 0.05) is 62.0 Å². The summed E-state index contributed by atoms with van der Waals surface area (Å²) in [5, 5.41) is 16.0. The quantitative estimate of drug-likeness (QED) is 0.101. The van der Waals surface area contributed by atoms with Crippen LogP contribution in [0.4, 0.5) is 11.4 Å². The summed E-state index contributed by atoms with van der Waals surface area (Å²) in [6, 6.07) is 13.1. The van der Waals surface area contributed by atoms with Gasteiger partial charge in [-0.05, 0) is 105 Å². The maximum absolute atomic E-state index is 9.86. The van der Waals surface area contributed by atoms with Crippen molar-refractivity contribution in [1.82, 2.24) is 0 Å². The van der Waals surface area contributed by atoms with Gasteiger partial charge in [-0.25, -0.2) is 0 Å². The van der Waals surface area contributed by atoms with Crippen LogP contribution < -0.4 is 26.4 Å². The van der Waals surface area contributed by atoms with Gasteiger partial charge in [-0.2, -0.15) is 0 Å². The highest BCUT2D eigenvalue weighted by Crippen LogP contribution is 2.45. The predicted molar refractivity (Wildman–Crippen MR) is 284 cm³/mol. The molecule has 4 rings (SSSR count). The van der Waals surface area contributed by atoms with Crippen molar-refractivity contribution in [2.24, 2.45) is 5.73 Å². The van der Waals surface area contributed by atoms with Crippen LogP contribution in [0.2, 0.25) is 0 Å². The SMILES string of the molecule is CC.CCC.CCCNc1ccccc1C(C)(C)C/C=C/C=C/C=C/C=C1/N(CCO)c2ccc3c(c2C1(C)C)=CC=CCC=3.CCOCC.CCOCCCCN.Cl.O.O.O.O.O. The first-order chi connectivity index (χ1) is 28.1. The van der Waals surface area contributed by atoms with Crippen molar-refractivity contribution in [1.29, 1.82) is 0 Å². The molecule has 0 unspecified atom stereocenters. The Morgan fingerprint density at radius 1 is 0.828 bits per heavy atom. The highest BCUT2D eigenvalue weighted by atomic mass is 35.5. The van der Waals surface area contributed by atoms with Crippen LogP contribution >= 0.6 is 12.4 Å². The molecule has 0 saturated carbocycles. The third kappa shape index (κ3) is 27.0. The lowest BCUT2D eigenvalue weighted by molar-refractivity contribution is 0.144. The average molecular weight is 927 g/mol. The van der Waals surface area contributed by atoms with E-state index in [1.165, 1.54) is 45.1 Å². The average Bonchev–Trinajstić information content (AvgIpc) is 3.34. The van der Waals surface area contributed by atoms with Gasteiger partial charge in [-0.3, -0.25) is 0 Å². The lowest BCUT2D eigenvalue weighted by atomic mass is 9.80. The van der Waals surface area contributed by atoms with E-state index in [2.05, 4.69) is 162 Å². The molecule has 0 fully saturated rings. The molecule has 1 aliphatic carbocycles. The van der Waals surface area contributed by atoms with Crippen LogP contribution in [0.5, 0.6) is 0 Å². The smallest absolute Gasteiger partial charge is 0.0610 e. The van der Waals surface area contributed by atoms with Crippen LogP contribution in [0.3, 0.4) is 0 Å². The molecule has 0 atom stereocenters. The first kappa shape index (κ1) is 74.7. The van der Waals surface area contributed by atoms with Gasteiger partial charge < -0.3 is 57.9 Å². The van der Waals surface area contributed by atoms with Crippen molar-refractivity contribution >= 4 is 35.9 Å². The minimum absolute atomic E-state index is 0. The fourth-order valence-corrected chi connectivity index (χ4v) is 6.61. The van der Waals surface area contributed by atoms with Crippen molar-refractivity contribution in [3.05, 3.63) is 118 Å². The minimum Gasteiger partial charge on any atom is -0.412 e. The van der Waals surface area contributed by atoms with Crippen LogP contribution in [0.1, 0.15) is 133 Å². The van der Waals surface area contributed by atoms with Crippen molar-refractivity contribution in [3.63, 3.8) is 0 Å². The molecule has 2 aromatic carbocycles. The number of allylic oxidation sites excluding steroid dienone is 10. The fraction of sp³-hybridized carbons (Fsp3) is 0.538. The molecule has 0 saturated heterocycles. The number of hydrogen-bond acceptors (Lipinski definition) is 6. The molecule has 0 amide bonds. The molecule has 2 aromatic rings. The Hall–Kier alpha value is -3.59. The van der Waals surface area contributed by atoms with Gasteiger partial charge in [0.25, 0.3) is 0 Å². The van der Waals surface area contributed by atoms with Crippen LogP contribution in [0.25, 0.3) is 12.2 Å². The number of rotatable bonds is 18. The zero-order chi connectivity index (χ0) is 43.7. The number of aliphatic hydroxyl groups is 1. The van der Waals surface area contributed by atoms with Gasteiger partial charge in [-0.1, -0.05) is 154 Å². The number of nitrogens with zero attached hydrogens (tertiary/aromatic N) is 1. The summed E-state index contributed by atoms with van der Waals surface area (Å²) >= 11 is 0. The maximum Gasteiger partial charge on any atom is 0.0610 e. The molecule has 64 heavy (non-hydrogen) atoms. The van der Waals surface area contributed by atoms with Gasteiger partial charge >= 0.3 is 0 Å². The number of nitrogens with two attached hydrogens (primary N) is 1. The lowest BCUT2D eigenvalue weighted by Crippen LogP contribution is -2.33. The molecule has 0 radical (unpaired) electrons. The summed E-state index contributed by atoms with van der Waals surface area (Å²) in [5.41, 5.74) is 11.5. The summed E-state index contributed by atoms with van der Waals surface area (Å²) in [6.45, 7) is 31.5. The second-order valence-corrected chi connectivity index (χ2v) is 15.0. The third-order valence-corrected chi connectivity index (χ3v) is 9.34. The Bertz CT molecular complexity index is 1650. The number of benzene rings is 2. The van der Waals surface area contributed by atoms with Crippen LogP contribution in [-0.4, -0.2) is 85.2 Å². The molecule has 11 nitrogen and oxygen atoms in total. The van der Waals surface area contributed by atoms with E-state index in [0.717, 1.165) is 71.6 Å². The molecule has 0 spiro atoms. The molecular formula is C52H96ClN3O8. The van der Waals surface area contributed by atoms with Crippen LogP contribution in [0.15, 0.2) is 96.8 Å². The van der Waals surface area contributed by atoms with E-state index < -0.39 is 0 Å². The van der Waals surface area contributed by atoms with E-state index in [9.17, 15) is 5.11 Å². The molecule has 14 N–H and O–H groups in total. The number of anilines is 2. The van der Waals surface area contributed by atoms with Crippen LogP contribution in [0, 0.1) is 0 Å². The number of nitrogens with one attached hydrogen (secondary N) is 1. The van der Waals surface area contributed by atoms with E-state index in [0.29, 0.717) is 6.54 Å². The predicted octanol–water partition coefficient (Wildman–Crippen LogP) is 7.59. The summed E-state index contributed by atoms with van der Waals surface area (Å²) in [4.78, 5) is 2.28. The van der Waals surface area contributed by atoms with E-state index in [1.54, 1.807) is 0 Å². The Kier molecular flexibility index (Phi) is 53.7. The fourth-order valence-electron chi connectivity index (χ4n) is 6.61. The Labute approximate surface area is 395 Å². The van der Waals surface area contributed by atoms with Crippen molar-refractivity contribution in [3.8, 4) is 0 Å². The second-order valence-electron chi connectivity index (χ2n) is 15.0. The second kappa shape index (κ2) is 46.0. The first-order valence-corrected chi connectivity index (χ1v) is 22.3. The van der Waals surface area contributed by atoms with Crippen molar-refractivity contribution < 1.29 is 42.0 Å². The topological polar surface area (TPSA) is 237 Å². The Morgan fingerprint density at radius 2 is 1.42 bits per heavy atom. The summed E-state index contributed by atoms with van der Waals surface area (Å²) in [6.07, 6.45) is 30.4. The molecule has 0 bridgehead atoms. The molecule has 12 heteroatoms. The summed E-state index contributed by atoms with van der Waals surface area (Å²) in [7, 11) is 0. The summed E-state index contributed by atoms with van der Waals surface area (Å²) < 4.78 is 9.91. The largest absolute Gasteiger partial charge is 0.412 e. The zero-order valence-electron chi connectivity index (χ0n) is 41.9. The van der Waals surface area contributed by atoms with E-state index in [1.807, 2.05) is 34.6 Å². The maximum atomic E-state index is 9.86. The highest BCUT2D eigenvalue weighted by molar-refractivity contribution is 5.85. The number of halogens is 1. The van der Waals surface area contributed by atoms with Gasteiger partial charge in [-0.15, -0.1) is 12.4 Å². The number of β-amino-alcohol motifs (C(OH)–C–C–N with tert-alkyl or cyclic N) is 1. The number of hydrogen-bond donors (Lipinski definition) is 3. The van der Waals surface area contributed by atoms with E-state index in [4.69, 9.17) is 15.2 Å². The highest BCUT2D eigenvalue weighted by Gasteiger charge is 2.40. The Morgan fingerprint density at radius 3 is 1.98 bits per heavy atom.